The first kappa shape index (κ1) is 12.0. The van der Waals surface area contributed by atoms with Gasteiger partial charge in [-0.3, -0.25) is 4.79 Å². The zero-order valence-corrected chi connectivity index (χ0v) is 10.5. The average molecular weight is 261 g/mol. The van der Waals surface area contributed by atoms with E-state index < -0.39 is 0 Å². The van der Waals surface area contributed by atoms with E-state index in [1.165, 1.54) is 4.90 Å². The van der Waals surface area contributed by atoms with E-state index in [9.17, 15) is 9.59 Å². The maximum absolute atomic E-state index is 11.6. The second-order valence-corrected chi connectivity index (χ2v) is 4.50. The fourth-order valence-corrected chi connectivity index (χ4v) is 2.32. The Bertz CT molecular complexity index is 478. The lowest BCUT2D eigenvalue weighted by atomic mass is 10.2. The van der Waals surface area contributed by atoms with Gasteiger partial charge in [-0.1, -0.05) is 0 Å². The fourth-order valence-electron chi connectivity index (χ4n) is 2.32. The summed E-state index contributed by atoms with van der Waals surface area (Å²) in [6, 6.07) is 7.10. The number of morpholine rings is 1. The van der Waals surface area contributed by atoms with Crippen molar-refractivity contribution in [3.63, 3.8) is 0 Å². The lowest BCUT2D eigenvalue weighted by molar-refractivity contribution is -0.115. The minimum atomic E-state index is -0.357. The highest BCUT2D eigenvalue weighted by Crippen LogP contribution is 2.23. The van der Waals surface area contributed by atoms with E-state index in [0.29, 0.717) is 5.69 Å². The molecule has 3 rings (SSSR count). The molecular formula is C13H15N3O3. The number of imide groups is 1. The normalized spacial score (nSPS) is 19.8. The molecule has 0 aromatic heterocycles. The number of hydrogen-bond donors (Lipinski definition) is 1. The number of benzene rings is 1. The van der Waals surface area contributed by atoms with Crippen LogP contribution in [0, 0.1) is 0 Å². The first-order valence-electron chi connectivity index (χ1n) is 6.29. The van der Waals surface area contributed by atoms with Gasteiger partial charge < -0.3 is 15.0 Å². The van der Waals surface area contributed by atoms with Crippen molar-refractivity contribution in [1.82, 2.24) is 5.32 Å². The Morgan fingerprint density at radius 1 is 1.00 bits per heavy atom. The minimum absolute atomic E-state index is 0.0735. The van der Waals surface area contributed by atoms with Gasteiger partial charge in [0.05, 0.1) is 25.4 Å². The third kappa shape index (κ3) is 2.26. The standard InChI is InChI=1S/C13H15N3O3/c17-12-9-14-13(18)16(12)11-3-1-10(2-4-11)15-5-7-19-8-6-15/h1-4H,5-9H2,(H,14,18). The van der Waals surface area contributed by atoms with E-state index in [1.54, 1.807) is 12.1 Å². The average Bonchev–Trinajstić information content (AvgIpc) is 2.79. The highest BCUT2D eigenvalue weighted by molar-refractivity contribution is 6.19. The summed E-state index contributed by atoms with van der Waals surface area (Å²) in [5.41, 5.74) is 1.69. The number of urea groups is 1. The highest BCUT2D eigenvalue weighted by atomic mass is 16.5. The molecule has 0 spiro atoms. The minimum Gasteiger partial charge on any atom is -0.378 e. The largest absolute Gasteiger partial charge is 0.378 e. The summed E-state index contributed by atoms with van der Waals surface area (Å²) in [6.07, 6.45) is 0. The van der Waals surface area contributed by atoms with Crippen LogP contribution in [-0.4, -0.2) is 44.8 Å². The van der Waals surface area contributed by atoms with Crippen molar-refractivity contribution in [2.24, 2.45) is 0 Å². The van der Waals surface area contributed by atoms with Crippen molar-refractivity contribution in [3.8, 4) is 0 Å². The quantitative estimate of drug-likeness (QED) is 0.791. The summed E-state index contributed by atoms with van der Waals surface area (Å²) in [5, 5.41) is 2.51. The number of amides is 3. The summed E-state index contributed by atoms with van der Waals surface area (Å²) >= 11 is 0. The van der Waals surface area contributed by atoms with Crippen LogP contribution < -0.4 is 15.1 Å². The molecule has 0 bridgehead atoms. The van der Waals surface area contributed by atoms with Crippen LogP contribution in [-0.2, 0) is 9.53 Å². The van der Waals surface area contributed by atoms with Crippen molar-refractivity contribution in [1.29, 1.82) is 0 Å². The Kier molecular flexibility index (Phi) is 3.08. The van der Waals surface area contributed by atoms with Crippen LogP contribution in [0.1, 0.15) is 0 Å². The summed E-state index contributed by atoms with van der Waals surface area (Å²) < 4.78 is 5.31. The second-order valence-electron chi connectivity index (χ2n) is 4.50. The molecule has 2 fully saturated rings. The Labute approximate surface area is 110 Å². The molecule has 1 N–H and O–H groups in total. The summed E-state index contributed by atoms with van der Waals surface area (Å²) in [6.45, 7) is 3.26. The SMILES string of the molecule is O=C1CNC(=O)N1c1ccc(N2CCOCC2)cc1. The Morgan fingerprint density at radius 2 is 1.63 bits per heavy atom. The van der Waals surface area contributed by atoms with Crippen molar-refractivity contribution in [3.05, 3.63) is 24.3 Å². The Hall–Kier alpha value is -2.08. The third-order valence-electron chi connectivity index (χ3n) is 3.33. The first-order valence-corrected chi connectivity index (χ1v) is 6.29. The monoisotopic (exact) mass is 261 g/mol. The molecule has 0 unspecified atom stereocenters. The summed E-state index contributed by atoms with van der Waals surface area (Å²) in [7, 11) is 0. The number of carbonyl (C=O) groups excluding carboxylic acids is 2. The zero-order valence-electron chi connectivity index (χ0n) is 10.5. The number of ether oxygens (including phenoxy) is 1. The number of nitrogens with one attached hydrogen (secondary N) is 1. The van der Waals surface area contributed by atoms with E-state index in [0.717, 1.165) is 32.0 Å². The molecule has 0 atom stereocenters. The smallest absolute Gasteiger partial charge is 0.329 e. The number of hydrogen-bond acceptors (Lipinski definition) is 4. The molecule has 6 nitrogen and oxygen atoms in total. The molecule has 6 heteroatoms. The van der Waals surface area contributed by atoms with E-state index in [2.05, 4.69) is 10.2 Å². The lowest BCUT2D eigenvalue weighted by Crippen LogP contribution is -2.36. The molecule has 1 aromatic carbocycles. The molecule has 0 aliphatic carbocycles. The van der Waals surface area contributed by atoms with Crippen LogP contribution in [0.25, 0.3) is 0 Å². The molecule has 2 saturated heterocycles. The zero-order chi connectivity index (χ0) is 13.2. The molecule has 1 aromatic rings. The highest BCUT2D eigenvalue weighted by Gasteiger charge is 2.29. The molecular weight excluding hydrogens is 246 g/mol. The van der Waals surface area contributed by atoms with Gasteiger partial charge in [0.15, 0.2) is 0 Å². The molecule has 100 valence electrons. The van der Waals surface area contributed by atoms with E-state index in [1.807, 2.05) is 12.1 Å². The third-order valence-corrected chi connectivity index (χ3v) is 3.33. The molecule has 19 heavy (non-hydrogen) atoms. The predicted octanol–water partition coefficient (Wildman–Crippen LogP) is 0.579. The maximum Gasteiger partial charge on any atom is 0.329 e. The number of rotatable bonds is 2. The van der Waals surface area contributed by atoms with Crippen molar-refractivity contribution >= 4 is 23.3 Å². The van der Waals surface area contributed by atoms with Gasteiger partial charge in [0.25, 0.3) is 5.91 Å². The number of anilines is 2. The van der Waals surface area contributed by atoms with Crippen LogP contribution in [0.4, 0.5) is 16.2 Å². The van der Waals surface area contributed by atoms with Crippen LogP contribution in [0.15, 0.2) is 24.3 Å². The van der Waals surface area contributed by atoms with Crippen LogP contribution >= 0.6 is 0 Å². The van der Waals surface area contributed by atoms with Gasteiger partial charge in [-0.2, -0.15) is 0 Å². The lowest BCUT2D eigenvalue weighted by Gasteiger charge is -2.29. The van der Waals surface area contributed by atoms with Crippen LogP contribution in [0.5, 0.6) is 0 Å². The summed E-state index contributed by atoms with van der Waals surface area (Å²) in [4.78, 5) is 26.5. The number of nitrogens with zero attached hydrogens (tertiary/aromatic N) is 2. The van der Waals surface area contributed by atoms with Gasteiger partial charge in [0.2, 0.25) is 0 Å². The van der Waals surface area contributed by atoms with Crippen molar-refractivity contribution in [2.75, 3.05) is 42.6 Å². The van der Waals surface area contributed by atoms with Crippen molar-refractivity contribution < 1.29 is 14.3 Å². The van der Waals surface area contributed by atoms with E-state index in [-0.39, 0.29) is 18.5 Å². The maximum atomic E-state index is 11.6. The Balaban J connectivity index is 1.78. The van der Waals surface area contributed by atoms with Gasteiger partial charge in [-0.25, -0.2) is 9.69 Å². The van der Waals surface area contributed by atoms with Gasteiger partial charge in [-0.05, 0) is 24.3 Å². The molecule has 0 radical (unpaired) electrons. The molecule has 0 saturated carbocycles. The van der Waals surface area contributed by atoms with Gasteiger partial charge in [0, 0.05) is 18.8 Å². The number of carbonyl (C=O) groups is 2. The van der Waals surface area contributed by atoms with Crippen LogP contribution in [0.3, 0.4) is 0 Å². The molecule has 2 aliphatic heterocycles. The topological polar surface area (TPSA) is 61.9 Å². The van der Waals surface area contributed by atoms with E-state index in [4.69, 9.17) is 4.74 Å². The van der Waals surface area contributed by atoms with Gasteiger partial charge >= 0.3 is 6.03 Å². The molecule has 2 aliphatic rings. The van der Waals surface area contributed by atoms with Gasteiger partial charge in [0.1, 0.15) is 0 Å². The second kappa shape index (κ2) is 4.89. The first-order chi connectivity index (χ1) is 9.25. The fraction of sp³-hybridized carbons (Fsp3) is 0.385. The molecule has 2 heterocycles. The van der Waals surface area contributed by atoms with Crippen molar-refractivity contribution in [2.45, 2.75) is 0 Å². The van der Waals surface area contributed by atoms with Crippen LogP contribution in [0.2, 0.25) is 0 Å². The Morgan fingerprint density at radius 3 is 2.21 bits per heavy atom. The van der Waals surface area contributed by atoms with Gasteiger partial charge in [-0.15, -0.1) is 0 Å². The van der Waals surface area contributed by atoms with E-state index >= 15 is 0 Å². The summed E-state index contributed by atoms with van der Waals surface area (Å²) in [5.74, 6) is -0.218. The predicted molar refractivity (Wildman–Crippen MR) is 70.4 cm³/mol. The molecule has 3 amide bonds.